The molecule has 1 aromatic heterocycles. The third-order valence-corrected chi connectivity index (χ3v) is 4.77. The molecule has 1 fully saturated rings. The lowest BCUT2D eigenvalue weighted by molar-refractivity contribution is 0.624. The fraction of sp³-hybridized carbons (Fsp3) is 0.250. The maximum atomic E-state index is 13.1. The van der Waals surface area contributed by atoms with Crippen molar-refractivity contribution < 1.29 is 4.39 Å². The average molecular weight is 364 g/mol. The Labute approximate surface area is 157 Å². The first kappa shape index (κ1) is 17.2. The van der Waals surface area contributed by atoms with Crippen LogP contribution in [0.2, 0.25) is 0 Å². The molecule has 0 bridgehead atoms. The predicted molar refractivity (Wildman–Crippen MR) is 105 cm³/mol. The fourth-order valence-electron chi connectivity index (χ4n) is 3.19. The summed E-state index contributed by atoms with van der Waals surface area (Å²) in [5.74, 6) is 1.18. The summed E-state index contributed by atoms with van der Waals surface area (Å²) in [7, 11) is 1.93. The minimum absolute atomic E-state index is 0.209. The molecule has 0 aliphatic carbocycles. The van der Waals surface area contributed by atoms with E-state index in [9.17, 15) is 4.39 Å². The highest BCUT2D eigenvalue weighted by Crippen LogP contribution is 2.23. The molecule has 0 N–H and O–H groups in total. The lowest BCUT2D eigenvalue weighted by Gasteiger charge is -2.36. The monoisotopic (exact) mass is 364 g/mol. The van der Waals surface area contributed by atoms with E-state index in [0.717, 1.165) is 43.4 Å². The van der Waals surface area contributed by atoms with Gasteiger partial charge in [0.2, 0.25) is 0 Å². The molecule has 4 rings (SSSR count). The highest BCUT2D eigenvalue weighted by molar-refractivity contribution is 5.57. The van der Waals surface area contributed by atoms with Gasteiger partial charge in [0.25, 0.3) is 5.95 Å². The highest BCUT2D eigenvalue weighted by Gasteiger charge is 2.20. The van der Waals surface area contributed by atoms with E-state index in [1.54, 1.807) is 6.20 Å². The molecule has 2 aromatic carbocycles. The Morgan fingerprint density at radius 3 is 2.26 bits per heavy atom. The lowest BCUT2D eigenvalue weighted by Crippen LogP contribution is -2.47. The summed E-state index contributed by atoms with van der Waals surface area (Å²) in [6, 6.07) is 16.6. The van der Waals surface area contributed by atoms with Gasteiger partial charge in [-0.2, -0.15) is 10.1 Å². The number of hydrogen-bond donors (Lipinski definition) is 0. The number of para-hydroxylation sites is 1. The third kappa shape index (κ3) is 3.81. The number of rotatable bonds is 4. The van der Waals surface area contributed by atoms with Crippen LogP contribution in [0.5, 0.6) is 0 Å². The Balaban J connectivity index is 1.45. The Kier molecular flexibility index (Phi) is 4.82. The molecule has 27 heavy (non-hydrogen) atoms. The number of anilines is 4. The van der Waals surface area contributed by atoms with E-state index in [1.165, 1.54) is 12.1 Å². The van der Waals surface area contributed by atoms with Crippen molar-refractivity contribution in [2.75, 3.05) is 47.9 Å². The van der Waals surface area contributed by atoms with Crippen molar-refractivity contribution in [1.82, 2.24) is 15.2 Å². The summed E-state index contributed by atoms with van der Waals surface area (Å²) < 4.78 is 13.1. The van der Waals surface area contributed by atoms with Crippen LogP contribution in [-0.4, -0.2) is 48.4 Å². The van der Waals surface area contributed by atoms with Gasteiger partial charge in [-0.05, 0) is 36.4 Å². The van der Waals surface area contributed by atoms with Gasteiger partial charge >= 0.3 is 0 Å². The molecule has 3 aromatic rings. The summed E-state index contributed by atoms with van der Waals surface area (Å²) >= 11 is 0. The molecule has 0 amide bonds. The Hall–Kier alpha value is -3.22. The molecule has 0 unspecified atom stereocenters. The van der Waals surface area contributed by atoms with E-state index in [2.05, 4.69) is 20.0 Å². The van der Waals surface area contributed by atoms with Gasteiger partial charge in [-0.1, -0.05) is 18.2 Å². The second-order valence-electron chi connectivity index (χ2n) is 6.46. The van der Waals surface area contributed by atoms with E-state index in [-0.39, 0.29) is 5.82 Å². The summed E-state index contributed by atoms with van der Waals surface area (Å²) in [6.07, 6.45) is 1.70. The fourth-order valence-corrected chi connectivity index (χ4v) is 3.19. The van der Waals surface area contributed by atoms with Crippen LogP contribution in [0.4, 0.5) is 27.5 Å². The Morgan fingerprint density at radius 2 is 1.56 bits per heavy atom. The molecule has 1 aliphatic rings. The minimum Gasteiger partial charge on any atom is -0.368 e. The largest absolute Gasteiger partial charge is 0.368 e. The zero-order valence-electron chi connectivity index (χ0n) is 15.2. The first-order valence-electron chi connectivity index (χ1n) is 8.95. The molecular weight excluding hydrogens is 343 g/mol. The zero-order valence-corrected chi connectivity index (χ0v) is 15.2. The first-order chi connectivity index (χ1) is 13.2. The van der Waals surface area contributed by atoms with E-state index in [0.29, 0.717) is 5.95 Å². The molecule has 7 heteroatoms. The van der Waals surface area contributed by atoms with Crippen molar-refractivity contribution >= 4 is 23.1 Å². The Morgan fingerprint density at radius 1 is 0.889 bits per heavy atom. The molecular formula is C20H21FN6. The average Bonchev–Trinajstić information content (AvgIpc) is 2.75. The maximum Gasteiger partial charge on any atom is 0.251 e. The van der Waals surface area contributed by atoms with Crippen molar-refractivity contribution in [3.05, 3.63) is 66.6 Å². The van der Waals surface area contributed by atoms with Crippen molar-refractivity contribution in [1.29, 1.82) is 0 Å². The SMILES string of the molecule is CN(c1ccccc1)c1nncc(N2CCN(c3ccc(F)cc3)CC2)n1. The number of aromatic nitrogens is 3. The molecule has 0 spiro atoms. The van der Waals surface area contributed by atoms with E-state index in [4.69, 9.17) is 4.98 Å². The molecule has 1 saturated heterocycles. The van der Waals surface area contributed by atoms with Gasteiger partial charge in [0, 0.05) is 44.6 Å². The van der Waals surface area contributed by atoms with Crippen LogP contribution in [0.15, 0.2) is 60.8 Å². The Bertz CT molecular complexity index is 878. The van der Waals surface area contributed by atoms with Crippen LogP contribution >= 0.6 is 0 Å². The normalized spacial score (nSPS) is 14.3. The molecule has 0 radical (unpaired) electrons. The second-order valence-corrected chi connectivity index (χ2v) is 6.46. The molecule has 138 valence electrons. The smallest absolute Gasteiger partial charge is 0.251 e. The predicted octanol–water partition coefficient (Wildman–Crippen LogP) is 3.11. The molecule has 0 saturated carbocycles. The maximum absolute atomic E-state index is 13.1. The molecule has 0 atom stereocenters. The number of nitrogens with zero attached hydrogens (tertiary/aromatic N) is 6. The van der Waals surface area contributed by atoms with Gasteiger partial charge in [-0.15, -0.1) is 5.10 Å². The second kappa shape index (κ2) is 7.57. The summed E-state index contributed by atoms with van der Waals surface area (Å²) in [5.41, 5.74) is 2.05. The number of hydrogen-bond acceptors (Lipinski definition) is 6. The van der Waals surface area contributed by atoms with Gasteiger partial charge in [-0.3, -0.25) is 0 Å². The van der Waals surface area contributed by atoms with Crippen LogP contribution in [0, 0.1) is 5.82 Å². The topological polar surface area (TPSA) is 48.4 Å². The summed E-state index contributed by atoms with van der Waals surface area (Å²) in [5, 5.41) is 8.32. The molecule has 6 nitrogen and oxygen atoms in total. The van der Waals surface area contributed by atoms with Gasteiger partial charge < -0.3 is 14.7 Å². The first-order valence-corrected chi connectivity index (χ1v) is 8.95. The van der Waals surface area contributed by atoms with Gasteiger partial charge in [0.15, 0.2) is 5.82 Å². The highest BCUT2D eigenvalue weighted by atomic mass is 19.1. The van der Waals surface area contributed by atoms with Crippen LogP contribution in [0.1, 0.15) is 0 Å². The summed E-state index contributed by atoms with van der Waals surface area (Å²) in [4.78, 5) is 11.1. The zero-order chi connectivity index (χ0) is 18.6. The standard InChI is InChI=1S/C20H21FN6/c1-25(17-5-3-2-4-6-17)20-23-19(15-22-24-20)27-13-11-26(12-14-27)18-9-7-16(21)8-10-18/h2-10,15H,11-14H2,1H3. The van der Waals surface area contributed by atoms with E-state index < -0.39 is 0 Å². The van der Waals surface area contributed by atoms with Crippen molar-refractivity contribution in [2.24, 2.45) is 0 Å². The molecule has 2 heterocycles. The van der Waals surface area contributed by atoms with Crippen molar-refractivity contribution in [3.8, 4) is 0 Å². The quantitative estimate of drug-likeness (QED) is 0.709. The van der Waals surface area contributed by atoms with Crippen molar-refractivity contribution in [2.45, 2.75) is 0 Å². The van der Waals surface area contributed by atoms with Crippen molar-refractivity contribution in [3.63, 3.8) is 0 Å². The third-order valence-electron chi connectivity index (χ3n) is 4.77. The van der Waals surface area contributed by atoms with Crippen LogP contribution < -0.4 is 14.7 Å². The van der Waals surface area contributed by atoms with E-state index >= 15 is 0 Å². The van der Waals surface area contributed by atoms with Crippen LogP contribution in [0.25, 0.3) is 0 Å². The number of piperazine rings is 1. The van der Waals surface area contributed by atoms with Gasteiger partial charge in [0.05, 0.1) is 6.20 Å². The van der Waals surface area contributed by atoms with E-state index in [1.807, 2.05) is 54.4 Å². The van der Waals surface area contributed by atoms with Crippen LogP contribution in [-0.2, 0) is 0 Å². The minimum atomic E-state index is -0.209. The number of benzene rings is 2. The van der Waals surface area contributed by atoms with Gasteiger partial charge in [0.1, 0.15) is 5.82 Å². The van der Waals surface area contributed by atoms with Crippen LogP contribution in [0.3, 0.4) is 0 Å². The lowest BCUT2D eigenvalue weighted by atomic mass is 10.2. The van der Waals surface area contributed by atoms with Gasteiger partial charge in [-0.25, -0.2) is 4.39 Å². The molecule has 1 aliphatic heterocycles. The number of halogens is 1. The summed E-state index contributed by atoms with van der Waals surface area (Å²) in [6.45, 7) is 3.34.